The van der Waals surface area contributed by atoms with Gasteiger partial charge in [-0.15, -0.1) is 0 Å². The number of hydrogen-bond donors (Lipinski definition) is 0. The second kappa shape index (κ2) is 5.57. The van der Waals surface area contributed by atoms with E-state index in [0.717, 1.165) is 18.4 Å². The van der Waals surface area contributed by atoms with E-state index in [2.05, 4.69) is 30.3 Å². The second-order valence-electron chi connectivity index (χ2n) is 6.45. The Labute approximate surface area is 131 Å². The van der Waals surface area contributed by atoms with Crippen LogP contribution in [0.1, 0.15) is 46.7 Å². The van der Waals surface area contributed by atoms with Gasteiger partial charge in [0, 0.05) is 11.5 Å². The van der Waals surface area contributed by atoms with E-state index in [-0.39, 0.29) is 11.7 Å². The fraction of sp³-hybridized carbons (Fsp3) is 0.286. The molecule has 4 rings (SSSR count). The van der Waals surface area contributed by atoms with Crippen molar-refractivity contribution in [2.24, 2.45) is 5.92 Å². The molecule has 22 heavy (non-hydrogen) atoms. The van der Waals surface area contributed by atoms with Gasteiger partial charge in [0.05, 0.1) is 0 Å². The predicted molar refractivity (Wildman–Crippen MR) is 89.1 cm³/mol. The van der Waals surface area contributed by atoms with Crippen LogP contribution in [0.25, 0.3) is 0 Å². The molecule has 2 aliphatic carbocycles. The second-order valence-corrected chi connectivity index (χ2v) is 6.45. The highest BCUT2D eigenvalue weighted by atomic mass is 16.1. The zero-order valence-electron chi connectivity index (χ0n) is 12.7. The third-order valence-corrected chi connectivity index (χ3v) is 5.17. The molecule has 2 atom stereocenters. The maximum Gasteiger partial charge on any atom is 0.170 e. The number of benzene rings is 2. The van der Waals surface area contributed by atoms with Gasteiger partial charge < -0.3 is 0 Å². The summed E-state index contributed by atoms with van der Waals surface area (Å²) in [6.45, 7) is 0. The topological polar surface area (TPSA) is 17.1 Å². The quantitative estimate of drug-likeness (QED) is 0.565. The molecule has 0 fully saturated rings. The summed E-state index contributed by atoms with van der Waals surface area (Å²) < 4.78 is 0. The molecule has 2 aliphatic rings. The average molecular weight is 288 g/mol. The normalized spacial score (nSPS) is 23.2. The largest absolute Gasteiger partial charge is 0.293 e. The molecule has 0 spiro atoms. The van der Waals surface area contributed by atoms with Crippen molar-refractivity contribution in [2.75, 3.05) is 0 Å². The summed E-state index contributed by atoms with van der Waals surface area (Å²) in [5, 5.41) is 0. The van der Waals surface area contributed by atoms with Crippen LogP contribution in [0.3, 0.4) is 0 Å². The molecular weight excluding hydrogens is 268 g/mol. The van der Waals surface area contributed by atoms with E-state index in [0.29, 0.717) is 5.92 Å². The van der Waals surface area contributed by atoms with Gasteiger partial charge in [-0.1, -0.05) is 66.2 Å². The van der Waals surface area contributed by atoms with Gasteiger partial charge in [0.15, 0.2) is 5.78 Å². The highest BCUT2D eigenvalue weighted by Crippen LogP contribution is 2.42. The van der Waals surface area contributed by atoms with E-state index in [9.17, 15) is 4.79 Å². The lowest BCUT2D eigenvalue weighted by Gasteiger charge is -2.19. The molecule has 1 heteroatoms. The van der Waals surface area contributed by atoms with Gasteiger partial charge >= 0.3 is 0 Å². The number of rotatable bonds is 2. The monoisotopic (exact) mass is 288 g/mol. The number of carbonyl (C=O) groups excluding carboxylic acids is 1. The molecule has 0 radical (unpaired) electrons. The van der Waals surface area contributed by atoms with Crippen molar-refractivity contribution in [3.8, 4) is 0 Å². The van der Waals surface area contributed by atoms with Crippen LogP contribution in [0.4, 0.5) is 0 Å². The summed E-state index contributed by atoms with van der Waals surface area (Å²) in [5.41, 5.74) is 4.97. The Bertz CT molecular complexity index is 727. The maximum atomic E-state index is 13.1. The highest BCUT2D eigenvalue weighted by Gasteiger charge is 2.33. The van der Waals surface area contributed by atoms with Crippen LogP contribution in [0.15, 0.2) is 66.2 Å². The maximum absolute atomic E-state index is 13.1. The van der Waals surface area contributed by atoms with Crippen LogP contribution in [-0.4, -0.2) is 5.78 Å². The van der Waals surface area contributed by atoms with Crippen LogP contribution in [0.2, 0.25) is 0 Å². The summed E-state index contributed by atoms with van der Waals surface area (Å²) in [6, 6.07) is 18.3. The van der Waals surface area contributed by atoms with Crippen LogP contribution >= 0.6 is 0 Å². The summed E-state index contributed by atoms with van der Waals surface area (Å²) in [5.74, 6) is 0.874. The SMILES string of the molecule is O=C(c1ccccc1)[C@H]1C[C@H]2CCC=C2Cc2ccccc21. The van der Waals surface area contributed by atoms with Gasteiger partial charge in [-0.05, 0) is 42.7 Å². The van der Waals surface area contributed by atoms with E-state index < -0.39 is 0 Å². The number of allylic oxidation sites excluding steroid dienone is 2. The van der Waals surface area contributed by atoms with E-state index in [1.165, 1.54) is 24.0 Å². The number of fused-ring (bicyclic) bond motifs is 2. The van der Waals surface area contributed by atoms with Gasteiger partial charge in [-0.2, -0.15) is 0 Å². The fourth-order valence-electron chi connectivity index (χ4n) is 4.03. The summed E-state index contributed by atoms with van der Waals surface area (Å²) in [7, 11) is 0. The number of ketones is 1. The van der Waals surface area contributed by atoms with Crippen molar-refractivity contribution in [2.45, 2.75) is 31.6 Å². The molecule has 0 aliphatic heterocycles. The van der Waals surface area contributed by atoms with E-state index >= 15 is 0 Å². The van der Waals surface area contributed by atoms with Gasteiger partial charge in [0.2, 0.25) is 0 Å². The first-order chi connectivity index (χ1) is 10.8. The summed E-state index contributed by atoms with van der Waals surface area (Å²) in [6.07, 6.45) is 6.78. The number of carbonyl (C=O) groups is 1. The van der Waals surface area contributed by atoms with E-state index in [1.54, 1.807) is 5.57 Å². The Morgan fingerprint density at radius 1 is 0.955 bits per heavy atom. The molecule has 0 saturated heterocycles. The highest BCUT2D eigenvalue weighted by molar-refractivity contribution is 6.01. The number of hydrogen-bond acceptors (Lipinski definition) is 1. The van der Waals surface area contributed by atoms with Crippen LogP contribution in [-0.2, 0) is 6.42 Å². The molecule has 0 unspecified atom stereocenters. The summed E-state index contributed by atoms with van der Waals surface area (Å²) in [4.78, 5) is 13.1. The van der Waals surface area contributed by atoms with Crippen LogP contribution in [0, 0.1) is 5.92 Å². The standard InChI is InChI=1S/C21H20O/c22-21(15-7-2-1-3-8-15)20-14-17-11-6-10-16(17)13-18-9-4-5-12-19(18)20/h1-5,7-10,12,17,20H,6,11,13-14H2/t17-,20+/m1/s1. The minimum Gasteiger partial charge on any atom is -0.293 e. The lowest BCUT2D eigenvalue weighted by Crippen LogP contribution is -2.16. The fourth-order valence-corrected chi connectivity index (χ4v) is 4.03. The average Bonchev–Trinajstić information content (AvgIpc) is 2.94. The Morgan fingerprint density at radius 3 is 2.59 bits per heavy atom. The van der Waals surface area contributed by atoms with Crippen molar-refractivity contribution in [1.29, 1.82) is 0 Å². The zero-order valence-corrected chi connectivity index (χ0v) is 12.7. The predicted octanol–water partition coefficient (Wildman–Crippen LogP) is 4.94. The van der Waals surface area contributed by atoms with Gasteiger partial charge in [-0.3, -0.25) is 4.79 Å². The minimum atomic E-state index is 0.00704. The van der Waals surface area contributed by atoms with Crippen molar-refractivity contribution >= 4 is 5.78 Å². The van der Waals surface area contributed by atoms with Gasteiger partial charge in [0.1, 0.15) is 0 Å². The first-order valence-corrected chi connectivity index (χ1v) is 8.19. The molecule has 0 heterocycles. The van der Waals surface area contributed by atoms with Crippen molar-refractivity contribution in [3.05, 3.63) is 82.9 Å². The Kier molecular flexibility index (Phi) is 3.42. The number of Topliss-reactive ketones (excluding diaryl/α,β-unsaturated/α-hetero) is 1. The molecule has 0 bridgehead atoms. The molecule has 2 aromatic carbocycles. The molecular formula is C21H20O. The van der Waals surface area contributed by atoms with Crippen LogP contribution < -0.4 is 0 Å². The molecule has 110 valence electrons. The molecule has 0 aromatic heterocycles. The third kappa shape index (κ3) is 2.31. The molecule has 0 amide bonds. The third-order valence-electron chi connectivity index (χ3n) is 5.17. The minimum absolute atomic E-state index is 0.00704. The molecule has 0 saturated carbocycles. The first-order valence-electron chi connectivity index (χ1n) is 8.19. The Hall–Kier alpha value is -2.15. The zero-order chi connectivity index (χ0) is 14.9. The molecule has 2 aromatic rings. The van der Waals surface area contributed by atoms with Gasteiger partial charge in [-0.25, -0.2) is 0 Å². The Balaban J connectivity index is 1.78. The van der Waals surface area contributed by atoms with Crippen molar-refractivity contribution < 1.29 is 4.79 Å². The smallest absolute Gasteiger partial charge is 0.170 e. The molecule has 0 N–H and O–H groups in total. The Morgan fingerprint density at radius 2 is 1.73 bits per heavy atom. The van der Waals surface area contributed by atoms with Crippen molar-refractivity contribution in [1.82, 2.24) is 0 Å². The first kappa shape index (κ1) is 13.5. The lowest BCUT2D eigenvalue weighted by molar-refractivity contribution is 0.0949. The van der Waals surface area contributed by atoms with E-state index in [1.807, 2.05) is 30.3 Å². The lowest BCUT2D eigenvalue weighted by atomic mass is 9.83. The molecule has 1 nitrogen and oxygen atoms in total. The van der Waals surface area contributed by atoms with Gasteiger partial charge in [0.25, 0.3) is 0 Å². The van der Waals surface area contributed by atoms with E-state index in [4.69, 9.17) is 0 Å². The van der Waals surface area contributed by atoms with Crippen molar-refractivity contribution in [3.63, 3.8) is 0 Å². The van der Waals surface area contributed by atoms with Crippen LogP contribution in [0.5, 0.6) is 0 Å². The summed E-state index contributed by atoms with van der Waals surface area (Å²) >= 11 is 0.